The molecule has 1 aliphatic carbocycles. The minimum Gasteiger partial charge on any atom is -0.497 e. The second-order valence-corrected chi connectivity index (χ2v) is 16.1. The molecular formula is C40H47N3O6S. The highest BCUT2D eigenvalue weighted by Crippen LogP contribution is 2.48. The number of rotatable bonds is 10. The molecule has 1 N–H and O–H groups in total. The Morgan fingerprint density at radius 2 is 1.78 bits per heavy atom. The van der Waals surface area contributed by atoms with Crippen LogP contribution in [0.15, 0.2) is 60.7 Å². The third kappa shape index (κ3) is 7.06. The summed E-state index contributed by atoms with van der Waals surface area (Å²) in [6, 6.07) is 20.2. The molecule has 7 rings (SSSR count). The summed E-state index contributed by atoms with van der Waals surface area (Å²) in [5.74, 6) is 1.36. The van der Waals surface area contributed by atoms with Gasteiger partial charge in [0.25, 0.3) is 5.91 Å². The first-order valence-corrected chi connectivity index (χ1v) is 19.4. The Morgan fingerprint density at radius 1 is 0.980 bits per heavy atom. The van der Waals surface area contributed by atoms with Crippen molar-refractivity contribution in [1.29, 1.82) is 0 Å². The fraction of sp³-hybridized carbons (Fsp3) is 0.425. The molecule has 264 valence electrons. The van der Waals surface area contributed by atoms with Crippen LogP contribution in [0.2, 0.25) is 0 Å². The molecule has 0 unspecified atom stereocenters. The summed E-state index contributed by atoms with van der Waals surface area (Å²) in [5, 5.41) is 0.385. The molecule has 10 heteroatoms. The van der Waals surface area contributed by atoms with Gasteiger partial charge in [-0.15, -0.1) is 0 Å². The van der Waals surface area contributed by atoms with Crippen LogP contribution in [-0.4, -0.2) is 75.6 Å². The lowest BCUT2D eigenvalue weighted by atomic mass is 9.81. The van der Waals surface area contributed by atoms with Crippen LogP contribution in [0.5, 0.6) is 11.5 Å². The fourth-order valence-electron chi connectivity index (χ4n) is 7.57. The van der Waals surface area contributed by atoms with E-state index in [9.17, 15) is 13.2 Å². The fourth-order valence-corrected chi connectivity index (χ4v) is 8.18. The Bertz CT molecular complexity index is 2020. The van der Waals surface area contributed by atoms with Gasteiger partial charge >= 0.3 is 0 Å². The molecule has 2 aliphatic heterocycles. The second-order valence-electron chi connectivity index (χ2n) is 13.9. The van der Waals surface area contributed by atoms with Crippen molar-refractivity contribution >= 4 is 38.5 Å². The van der Waals surface area contributed by atoms with Gasteiger partial charge in [-0.2, -0.15) is 0 Å². The van der Waals surface area contributed by atoms with Gasteiger partial charge in [-0.25, -0.2) is 13.1 Å². The summed E-state index contributed by atoms with van der Waals surface area (Å²) >= 11 is 0. The molecule has 0 atom stereocenters. The van der Waals surface area contributed by atoms with Crippen LogP contribution < -0.4 is 14.2 Å². The summed E-state index contributed by atoms with van der Waals surface area (Å²) in [6.45, 7) is 8.49. The van der Waals surface area contributed by atoms with Crippen molar-refractivity contribution in [3.05, 3.63) is 82.9 Å². The summed E-state index contributed by atoms with van der Waals surface area (Å²) in [6.07, 6.45) is 8.07. The Labute approximate surface area is 295 Å². The monoisotopic (exact) mass is 697 g/mol. The summed E-state index contributed by atoms with van der Waals surface area (Å²) in [7, 11) is -2.10. The molecular weight excluding hydrogens is 651 g/mol. The van der Waals surface area contributed by atoms with E-state index in [1.807, 2.05) is 30.3 Å². The van der Waals surface area contributed by atoms with Gasteiger partial charge in [0.05, 0.1) is 31.3 Å². The molecule has 3 heterocycles. The first-order chi connectivity index (χ1) is 24.2. The lowest BCUT2D eigenvalue weighted by Gasteiger charge is -2.26. The Morgan fingerprint density at radius 3 is 2.54 bits per heavy atom. The maximum absolute atomic E-state index is 13.4. The van der Waals surface area contributed by atoms with Gasteiger partial charge in [0, 0.05) is 48.2 Å². The summed E-state index contributed by atoms with van der Waals surface area (Å²) < 4.78 is 47.4. The minimum atomic E-state index is -3.79. The van der Waals surface area contributed by atoms with Crippen molar-refractivity contribution in [3.8, 4) is 22.8 Å². The number of allylic oxidation sites excluding steroid dienone is 1. The molecule has 2 fully saturated rings. The molecule has 0 radical (unpaired) electrons. The molecule has 0 spiro atoms. The minimum absolute atomic E-state index is 0.317. The number of carbonyl (C=O) groups is 1. The number of hydrogen-bond donors (Lipinski definition) is 1. The van der Waals surface area contributed by atoms with Crippen molar-refractivity contribution in [3.63, 3.8) is 0 Å². The van der Waals surface area contributed by atoms with E-state index in [-0.39, 0.29) is 0 Å². The molecule has 3 aromatic carbocycles. The second kappa shape index (κ2) is 14.6. The van der Waals surface area contributed by atoms with Crippen LogP contribution in [0.25, 0.3) is 33.8 Å². The standard InChI is InChI=1S/C40H47N3O6S/c1-27(2)50(45,46)41-40(44)30-12-14-36-37(25-30)43-26-32(29-10-7-11-34(23-29)49-21-18-42-16-19-48-20-17-42)22-31-24-33(47-3)13-15-35(31)39(43)38(36)28-8-5-4-6-9-28/h7,10-15,22-25,27-28H,4-6,8-9,16-21,26H2,1-3H3,(H,41,44). The van der Waals surface area contributed by atoms with E-state index in [1.165, 1.54) is 24.8 Å². The quantitative estimate of drug-likeness (QED) is 0.189. The van der Waals surface area contributed by atoms with Gasteiger partial charge in [0.15, 0.2) is 0 Å². The van der Waals surface area contributed by atoms with E-state index >= 15 is 0 Å². The lowest BCUT2D eigenvalue weighted by molar-refractivity contribution is 0.0322. The van der Waals surface area contributed by atoms with E-state index in [0.717, 1.165) is 96.0 Å². The number of methoxy groups -OCH3 is 1. The molecule has 1 aromatic heterocycles. The third-order valence-electron chi connectivity index (χ3n) is 10.4. The number of benzene rings is 3. The molecule has 1 amide bonds. The number of amides is 1. The Kier molecular flexibility index (Phi) is 10.0. The van der Waals surface area contributed by atoms with E-state index in [4.69, 9.17) is 14.2 Å². The van der Waals surface area contributed by atoms with E-state index in [1.54, 1.807) is 27.0 Å². The zero-order valence-electron chi connectivity index (χ0n) is 29.2. The highest BCUT2D eigenvalue weighted by Gasteiger charge is 2.30. The molecule has 1 saturated heterocycles. The van der Waals surface area contributed by atoms with Gasteiger partial charge < -0.3 is 18.8 Å². The number of hydrogen-bond acceptors (Lipinski definition) is 7. The van der Waals surface area contributed by atoms with Crippen molar-refractivity contribution in [2.24, 2.45) is 0 Å². The number of morpholine rings is 1. The van der Waals surface area contributed by atoms with E-state index in [0.29, 0.717) is 24.6 Å². The predicted molar refractivity (Wildman–Crippen MR) is 198 cm³/mol. The average molecular weight is 698 g/mol. The zero-order chi connectivity index (χ0) is 34.8. The molecule has 3 aliphatic rings. The first kappa shape index (κ1) is 34.3. The number of aromatic nitrogens is 1. The first-order valence-electron chi connectivity index (χ1n) is 17.9. The highest BCUT2D eigenvalue weighted by atomic mass is 32.2. The number of sulfonamides is 1. The molecule has 50 heavy (non-hydrogen) atoms. The van der Waals surface area contributed by atoms with Crippen LogP contribution in [-0.2, 0) is 21.3 Å². The smallest absolute Gasteiger partial charge is 0.264 e. The Balaban J connectivity index is 1.33. The van der Waals surface area contributed by atoms with Crippen LogP contribution in [0.4, 0.5) is 0 Å². The number of ether oxygens (including phenoxy) is 3. The predicted octanol–water partition coefficient (Wildman–Crippen LogP) is 7.10. The van der Waals surface area contributed by atoms with Gasteiger partial charge in [-0.1, -0.05) is 37.5 Å². The van der Waals surface area contributed by atoms with Gasteiger partial charge in [-0.05, 0) is 103 Å². The molecule has 4 aromatic rings. The maximum atomic E-state index is 13.4. The maximum Gasteiger partial charge on any atom is 0.264 e. The van der Waals surface area contributed by atoms with Crippen LogP contribution in [0.1, 0.15) is 78.9 Å². The number of nitrogens with one attached hydrogen (secondary N) is 1. The molecule has 9 nitrogen and oxygen atoms in total. The van der Waals surface area contributed by atoms with Gasteiger partial charge in [0.1, 0.15) is 18.1 Å². The lowest BCUT2D eigenvalue weighted by Crippen LogP contribution is -2.38. The van der Waals surface area contributed by atoms with Crippen LogP contribution >= 0.6 is 0 Å². The SMILES string of the molecule is COc1ccc2c(c1)C=C(c1cccc(OCCN3CCOCC3)c1)Cn1c-2c(C2CCCCC2)c2ccc(C(=O)NS(=O)(=O)C(C)C)cc21. The van der Waals surface area contributed by atoms with Crippen molar-refractivity contribution in [2.45, 2.75) is 63.7 Å². The van der Waals surface area contributed by atoms with E-state index in [2.05, 4.69) is 44.5 Å². The summed E-state index contributed by atoms with van der Waals surface area (Å²) in [5.41, 5.74) is 8.03. The van der Waals surface area contributed by atoms with Gasteiger partial charge in [0.2, 0.25) is 10.0 Å². The molecule has 1 saturated carbocycles. The largest absolute Gasteiger partial charge is 0.497 e. The molecule has 0 bridgehead atoms. The topological polar surface area (TPSA) is 99.1 Å². The van der Waals surface area contributed by atoms with Crippen molar-refractivity contribution in [1.82, 2.24) is 14.2 Å². The normalized spacial score (nSPS) is 17.2. The van der Waals surface area contributed by atoms with Crippen LogP contribution in [0.3, 0.4) is 0 Å². The van der Waals surface area contributed by atoms with Crippen molar-refractivity contribution in [2.75, 3.05) is 46.6 Å². The summed E-state index contributed by atoms with van der Waals surface area (Å²) in [4.78, 5) is 15.7. The van der Waals surface area contributed by atoms with Crippen LogP contribution in [0, 0.1) is 0 Å². The zero-order valence-corrected chi connectivity index (χ0v) is 30.1. The Hall–Kier alpha value is -4.12. The van der Waals surface area contributed by atoms with Gasteiger partial charge in [-0.3, -0.25) is 9.69 Å². The third-order valence-corrected chi connectivity index (χ3v) is 12.1. The number of carbonyl (C=O) groups excluding carboxylic acids is 1. The number of fused-ring (bicyclic) bond motifs is 5. The average Bonchev–Trinajstić information content (AvgIpc) is 3.34. The van der Waals surface area contributed by atoms with Crippen molar-refractivity contribution < 1.29 is 27.4 Å². The highest BCUT2D eigenvalue weighted by molar-refractivity contribution is 7.90. The number of nitrogens with zero attached hydrogens (tertiary/aromatic N) is 2. The van der Waals surface area contributed by atoms with E-state index < -0.39 is 21.2 Å².